The summed E-state index contributed by atoms with van der Waals surface area (Å²) in [5, 5.41) is 14.7. The minimum Gasteiger partial charge on any atom is -0.507 e. The Kier molecular flexibility index (Phi) is 4.70. The molecule has 0 radical (unpaired) electrons. The fourth-order valence-corrected chi connectivity index (χ4v) is 2.99. The minimum atomic E-state index is -3.93. The van der Waals surface area contributed by atoms with Crippen molar-refractivity contribution in [1.82, 2.24) is 0 Å². The highest BCUT2D eigenvalue weighted by atomic mass is 32.2. The first-order chi connectivity index (χ1) is 8.84. The number of rotatable bonds is 4. The van der Waals surface area contributed by atoms with Crippen LogP contribution in [-0.4, -0.2) is 21.8 Å². The third-order valence-corrected chi connectivity index (χ3v) is 9.16. The van der Waals surface area contributed by atoms with E-state index in [1.165, 1.54) is 12.1 Å². The van der Waals surface area contributed by atoms with Gasteiger partial charge in [-0.05, 0) is 35.8 Å². The summed E-state index contributed by atoms with van der Waals surface area (Å²) in [6.07, 6.45) is 0. The maximum Gasteiger partial charge on any atom is 0.241 e. The van der Waals surface area contributed by atoms with Crippen LogP contribution in [0.5, 0.6) is 5.75 Å². The molecule has 0 saturated carbocycles. The van der Waals surface area contributed by atoms with E-state index in [0.29, 0.717) is 12.2 Å². The molecule has 0 amide bonds. The number of primary sulfonamides is 1. The Labute approximate surface area is 121 Å². The molecule has 0 atom stereocenters. The fraction of sp³-hybridized carbons (Fsp3) is 0.538. The summed E-state index contributed by atoms with van der Waals surface area (Å²) >= 11 is 0. The Hall–Kier alpha value is -0.893. The van der Waals surface area contributed by atoms with Crippen molar-refractivity contribution in [3.63, 3.8) is 0 Å². The van der Waals surface area contributed by atoms with Gasteiger partial charge in [0, 0.05) is 0 Å². The monoisotopic (exact) mass is 317 g/mol. The number of sulfonamides is 1. The fourth-order valence-electron chi connectivity index (χ4n) is 1.36. The first-order valence-electron chi connectivity index (χ1n) is 6.33. The summed E-state index contributed by atoms with van der Waals surface area (Å²) in [5.41, 5.74) is 0.677. The zero-order chi connectivity index (χ0) is 15.8. The van der Waals surface area contributed by atoms with Crippen LogP contribution in [-0.2, 0) is 21.1 Å². The lowest BCUT2D eigenvalue weighted by molar-refractivity contribution is 0.276. The van der Waals surface area contributed by atoms with E-state index in [9.17, 15) is 13.5 Å². The van der Waals surface area contributed by atoms with Crippen molar-refractivity contribution >= 4 is 18.3 Å². The van der Waals surface area contributed by atoms with E-state index in [-0.39, 0.29) is 15.7 Å². The summed E-state index contributed by atoms with van der Waals surface area (Å²) in [4.78, 5) is -0.270. The Balaban J connectivity index is 2.97. The zero-order valence-electron chi connectivity index (χ0n) is 12.6. The van der Waals surface area contributed by atoms with Gasteiger partial charge >= 0.3 is 0 Å². The van der Waals surface area contributed by atoms with Gasteiger partial charge in [0.2, 0.25) is 10.0 Å². The molecule has 0 aliphatic heterocycles. The average Bonchev–Trinajstić information content (AvgIpc) is 2.24. The number of nitrogens with two attached hydrogens (primary N) is 1. The topological polar surface area (TPSA) is 89.6 Å². The lowest BCUT2D eigenvalue weighted by atomic mass is 10.2. The van der Waals surface area contributed by atoms with Crippen LogP contribution in [0.1, 0.15) is 26.3 Å². The van der Waals surface area contributed by atoms with Gasteiger partial charge in [-0.2, -0.15) is 0 Å². The van der Waals surface area contributed by atoms with Gasteiger partial charge in [-0.1, -0.05) is 26.8 Å². The van der Waals surface area contributed by atoms with Gasteiger partial charge in [0.25, 0.3) is 0 Å². The molecule has 20 heavy (non-hydrogen) atoms. The van der Waals surface area contributed by atoms with Crippen LogP contribution < -0.4 is 5.14 Å². The number of phenols is 1. The molecule has 0 aliphatic carbocycles. The second kappa shape index (κ2) is 5.48. The van der Waals surface area contributed by atoms with Crippen LogP contribution >= 0.6 is 0 Å². The summed E-state index contributed by atoms with van der Waals surface area (Å²) in [6, 6.07) is 4.32. The Morgan fingerprint density at radius 1 is 1.30 bits per heavy atom. The summed E-state index contributed by atoms with van der Waals surface area (Å²) in [6.45, 7) is 10.9. The molecule has 1 rings (SSSR count). The first kappa shape index (κ1) is 17.2. The second-order valence-corrected chi connectivity index (χ2v) is 12.7. The Morgan fingerprint density at radius 3 is 2.30 bits per heavy atom. The molecule has 1 aromatic carbocycles. The molecular formula is C13H23NO4SSi. The van der Waals surface area contributed by atoms with Gasteiger partial charge in [-0.15, -0.1) is 0 Å². The van der Waals surface area contributed by atoms with Crippen molar-refractivity contribution in [2.24, 2.45) is 5.14 Å². The smallest absolute Gasteiger partial charge is 0.241 e. The van der Waals surface area contributed by atoms with Gasteiger partial charge in [-0.25, -0.2) is 13.6 Å². The highest BCUT2D eigenvalue weighted by Gasteiger charge is 2.37. The summed E-state index contributed by atoms with van der Waals surface area (Å²) < 4.78 is 28.7. The average molecular weight is 317 g/mol. The van der Waals surface area contributed by atoms with Crippen LogP contribution in [0.15, 0.2) is 23.1 Å². The van der Waals surface area contributed by atoms with Crippen molar-refractivity contribution in [3.8, 4) is 5.75 Å². The van der Waals surface area contributed by atoms with Crippen LogP contribution in [0.3, 0.4) is 0 Å². The van der Waals surface area contributed by atoms with Gasteiger partial charge in [0.05, 0.1) is 6.61 Å². The molecule has 0 saturated heterocycles. The van der Waals surface area contributed by atoms with Gasteiger partial charge in [0.1, 0.15) is 10.6 Å². The third kappa shape index (κ3) is 4.05. The lowest BCUT2D eigenvalue weighted by Crippen LogP contribution is -2.40. The number of hydrogen-bond acceptors (Lipinski definition) is 4. The van der Waals surface area contributed by atoms with Gasteiger partial charge < -0.3 is 9.53 Å². The molecule has 5 nitrogen and oxygen atoms in total. The number of hydrogen-bond donors (Lipinski definition) is 2. The molecule has 3 N–H and O–H groups in total. The van der Waals surface area contributed by atoms with Crippen molar-refractivity contribution in [1.29, 1.82) is 0 Å². The molecule has 7 heteroatoms. The van der Waals surface area contributed by atoms with Crippen molar-refractivity contribution < 1.29 is 18.0 Å². The minimum absolute atomic E-state index is 0.0761. The van der Waals surface area contributed by atoms with E-state index in [4.69, 9.17) is 9.56 Å². The standard InChI is InChI=1S/C13H23NO4SSi/c1-13(2,3)20(4,5)18-9-10-6-7-11(15)12(8-10)19(14,16)17/h6-8,15H,9H2,1-5H3,(H2,14,16,17). The van der Waals surface area contributed by atoms with Crippen LogP contribution in [0.4, 0.5) is 0 Å². The highest BCUT2D eigenvalue weighted by molar-refractivity contribution is 7.89. The van der Waals surface area contributed by atoms with Crippen molar-refractivity contribution in [3.05, 3.63) is 23.8 Å². The molecule has 0 fully saturated rings. The van der Waals surface area contributed by atoms with E-state index in [1.54, 1.807) is 6.07 Å². The molecule has 0 aliphatic rings. The van der Waals surface area contributed by atoms with Gasteiger partial charge in [-0.3, -0.25) is 0 Å². The van der Waals surface area contributed by atoms with Crippen molar-refractivity contribution in [2.75, 3.05) is 0 Å². The summed E-state index contributed by atoms with van der Waals surface area (Å²) in [5.74, 6) is -0.344. The molecule has 0 unspecified atom stereocenters. The number of phenolic OH excluding ortho intramolecular Hbond substituents is 1. The number of aromatic hydroxyl groups is 1. The molecule has 0 spiro atoms. The van der Waals surface area contributed by atoms with E-state index in [2.05, 4.69) is 33.9 Å². The molecule has 0 aromatic heterocycles. The van der Waals surface area contributed by atoms with Gasteiger partial charge in [0.15, 0.2) is 8.32 Å². The molecule has 1 aromatic rings. The molecular weight excluding hydrogens is 294 g/mol. The zero-order valence-corrected chi connectivity index (χ0v) is 14.4. The highest BCUT2D eigenvalue weighted by Crippen LogP contribution is 2.37. The predicted molar refractivity (Wildman–Crippen MR) is 81.5 cm³/mol. The molecule has 114 valence electrons. The predicted octanol–water partition coefficient (Wildman–Crippen LogP) is 2.56. The lowest BCUT2D eigenvalue weighted by Gasteiger charge is -2.36. The normalized spacial score (nSPS) is 13.5. The maximum absolute atomic E-state index is 11.4. The van der Waals surface area contributed by atoms with E-state index in [1.807, 2.05) is 0 Å². The van der Waals surface area contributed by atoms with Crippen LogP contribution in [0.2, 0.25) is 18.1 Å². The van der Waals surface area contributed by atoms with Crippen LogP contribution in [0.25, 0.3) is 0 Å². The maximum atomic E-state index is 11.4. The van der Waals surface area contributed by atoms with Crippen LogP contribution in [0, 0.1) is 0 Å². The van der Waals surface area contributed by atoms with Crippen molar-refractivity contribution in [2.45, 2.75) is 50.4 Å². The Bertz CT molecular complexity index is 591. The first-order valence-corrected chi connectivity index (χ1v) is 10.8. The largest absolute Gasteiger partial charge is 0.507 e. The summed E-state index contributed by atoms with van der Waals surface area (Å²) in [7, 11) is -5.84. The quantitative estimate of drug-likeness (QED) is 0.835. The van der Waals surface area contributed by atoms with E-state index >= 15 is 0 Å². The number of benzene rings is 1. The SMILES string of the molecule is CC(C)(C)[Si](C)(C)OCc1ccc(O)c(S(N)(=O)=O)c1. The van der Waals surface area contributed by atoms with E-state index < -0.39 is 18.3 Å². The molecule has 0 bridgehead atoms. The Morgan fingerprint density at radius 2 is 1.85 bits per heavy atom. The molecule has 0 heterocycles. The van der Waals surface area contributed by atoms with E-state index in [0.717, 1.165) is 0 Å². The second-order valence-electron chi connectivity index (χ2n) is 6.40. The third-order valence-electron chi connectivity index (χ3n) is 3.74.